The number of benzene rings is 1. The molecule has 0 spiro atoms. The highest BCUT2D eigenvalue weighted by Crippen LogP contribution is 2.48. The number of anilines is 1. The van der Waals surface area contributed by atoms with Crippen LogP contribution in [0.15, 0.2) is 39.8 Å². The number of amides is 1. The summed E-state index contributed by atoms with van der Waals surface area (Å²) >= 11 is 5.86. The number of rotatable bonds is 3. The number of hydrogen-bond donors (Lipinski definition) is 2. The Hall–Kier alpha value is -2.73. The van der Waals surface area contributed by atoms with Gasteiger partial charge in [0.05, 0.1) is 25.6 Å². The first-order valence-electron chi connectivity index (χ1n) is 10.5. The zero-order valence-electron chi connectivity index (χ0n) is 18.9. The second kappa shape index (κ2) is 8.16. The highest BCUT2D eigenvalue weighted by molar-refractivity contribution is 7.96. The van der Waals surface area contributed by atoms with Gasteiger partial charge in [-0.2, -0.15) is 13.2 Å². The van der Waals surface area contributed by atoms with Crippen molar-refractivity contribution in [1.29, 1.82) is 0 Å². The predicted octanol–water partition coefficient (Wildman–Crippen LogP) is 4.75. The number of carbonyl (C=O) groups is 1. The first kappa shape index (κ1) is 25.4. The lowest BCUT2D eigenvalue weighted by molar-refractivity contribution is -0.137. The van der Waals surface area contributed by atoms with Gasteiger partial charge in [0, 0.05) is 24.0 Å². The molecule has 3 N–H and O–H groups in total. The number of hydrogen-bond acceptors (Lipinski definition) is 6. The van der Waals surface area contributed by atoms with Crippen LogP contribution in [0.5, 0.6) is 0 Å². The molecule has 1 amide bonds. The molecule has 1 unspecified atom stereocenters. The van der Waals surface area contributed by atoms with E-state index in [0.29, 0.717) is 25.2 Å². The van der Waals surface area contributed by atoms with Gasteiger partial charge in [0.2, 0.25) is 0 Å². The minimum absolute atomic E-state index is 0.0510. The Balaban J connectivity index is 1.72. The molecule has 1 aromatic carbocycles. The van der Waals surface area contributed by atoms with Crippen molar-refractivity contribution in [1.82, 2.24) is 4.98 Å². The summed E-state index contributed by atoms with van der Waals surface area (Å²) in [4.78, 5) is 20.8. The van der Waals surface area contributed by atoms with Crippen molar-refractivity contribution in [3.63, 3.8) is 0 Å². The van der Waals surface area contributed by atoms with Crippen molar-refractivity contribution in [2.45, 2.75) is 48.9 Å². The summed E-state index contributed by atoms with van der Waals surface area (Å²) in [5.74, 6) is -1.46. The molecule has 3 atom stereocenters. The summed E-state index contributed by atoms with van der Waals surface area (Å²) in [5, 5.41) is 1.35. The van der Waals surface area contributed by atoms with Gasteiger partial charge in [0.15, 0.2) is 0 Å². The number of fused-ring (bicyclic) bond motifs is 1. The normalized spacial score (nSPS) is 27.5. The van der Waals surface area contributed by atoms with Crippen LogP contribution in [0.2, 0.25) is 5.02 Å². The van der Waals surface area contributed by atoms with E-state index < -0.39 is 59.4 Å². The lowest BCUT2D eigenvalue weighted by Gasteiger charge is -2.44. The number of aliphatic imine (C=N–C) groups is 1. The fourth-order valence-corrected chi connectivity index (χ4v) is 7.86. The van der Waals surface area contributed by atoms with E-state index in [2.05, 4.69) is 19.7 Å². The fraction of sp³-hybridized carbons (Fsp3) is 0.409. The molecule has 0 radical (unpaired) electrons. The van der Waals surface area contributed by atoms with Crippen LogP contribution in [-0.4, -0.2) is 37.5 Å². The minimum atomic E-state index is -4.67. The quantitative estimate of drug-likeness (QED) is 0.557. The summed E-state index contributed by atoms with van der Waals surface area (Å²) in [6.07, 6.45) is -3.76. The first-order chi connectivity index (χ1) is 16.1. The molecule has 0 fully saturated rings. The van der Waals surface area contributed by atoms with E-state index in [1.807, 2.05) is 0 Å². The number of nitrogens with one attached hydrogen (secondary N) is 1. The molecule has 4 rings (SSSR count). The molecule has 35 heavy (non-hydrogen) atoms. The van der Waals surface area contributed by atoms with Crippen molar-refractivity contribution in [2.75, 3.05) is 11.9 Å². The highest BCUT2D eigenvalue weighted by Gasteiger charge is 2.56. The van der Waals surface area contributed by atoms with Crippen LogP contribution in [0.25, 0.3) is 0 Å². The molecule has 188 valence electrons. The van der Waals surface area contributed by atoms with E-state index >= 15 is 4.39 Å². The van der Waals surface area contributed by atoms with Gasteiger partial charge < -0.3 is 11.1 Å². The van der Waals surface area contributed by atoms with Gasteiger partial charge in [-0.3, -0.25) is 9.79 Å². The van der Waals surface area contributed by atoms with Crippen LogP contribution in [0, 0.1) is 5.82 Å². The zero-order valence-corrected chi connectivity index (χ0v) is 20.5. The summed E-state index contributed by atoms with van der Waals surface area (Å²) in [5.41, 5.74) is 3.49. The smallest absolute Gasteiger partial charge is 0.386 e. The van der Waals surface area contributed by atoms with Gasteiger partial charge in [-0.05, 0) is 51.5 Å². The Kier molecular flexibility index (Phi) is 5.91. The van der Waals surface area contributed by atoms with E-state index in [1.165, 1.54) is 12.1 Å². The molecule has 2 aliphatic rings. The average molecular weight is 532 g/mol. The van der Waals surface area contributed by atoms with E-state index in [4.69, 9.17) is 17.3 Å². The van der Waals surface area contributed by atoms with Gasteiger partial charge in [0.25, 0.3) is 5.91 Å². The third-order valence-electron chi connectivity index (χ3n) is 6.54. The summed E-state index contributed by atoms with van der Waals surface area (Å²) < 4.78 is 70.9. The monoisotopic (exact) mass is 531 g/mol. The van der Waals surface area contributed by atoms with E-state index in [-0.39, 0.29) is 17.1 Å². The number of pyridine rings is 1. The lowest BCUT2D eigenvalue weighted by atomic mass is 9.85. The molecule has 1 aromatic heterocycles. The van der Waals surface area contributed by atoms with E-state index in [9.17, 15) is 22.2 Å². The number of halogens is 5. The SMILES string of the molecule is CC1(C)C(N)=N[C@](C)(c2cc(NC(=O)c3ncc(C(F)(F)F)cc3Cl)ccc2F)[C@@H]2CCN=S21=O. The predicted molar refractivity (Wildman–Crippen MR) is 125 cm³/mol. The Morgan fingerprint density at radius 1 is 1.26 bits per heavy atom. The molecule has 0 aliphatic carbocycles. The summed E-state index contributed by atoms with van der Waals surface area (Å²) in [6, 6.07) is 4.31. The summed E-state index contributed by atoms with van der Waals surface area (Å²) in [6.45, 7) is 5.34. The molecule has 13 heteroatoms. The standard InChI is InChI=1S/C22H22ClF4N5O2S/c1-20(2)19(28)32-21(3,16-6-7-30-35(16,20)34)13-9-12(4-5-15(13)24)31-18(33)17-14(23)8-11(10-29-17)22(25,26)27/h4-5,8-10,16H,6-7H2,1-3H3,(H2,28,32)(H,31,33)/t16-,21+,35?/m0/s1. The summed E-state index contributed by atoms with van der Waals surface area (Å²) in [7, 11) is -2.90. The topological polar surface area (TPSA) is 110 Å². The van der Waals surface area contributed by atoms with Crippen LogP contribution in [0.1, 0.15) is 48.8 Å². The molecule has 7 nitrogen and oxygen atoms in total. The van der Waals surface area contributed by atoms with E-state index in [0.717, 1.165) is 6.07 Å². The lowest BCUT2D eigenvalue weighted by Crippen LogP contribution is -2.58. The molecule has 0 bridgehead atoms. The Bertz CT molecular complexity index is 1380. The first-order valence-corrected chi connectivity index (χ1v) is 12.5. The number of alkyl halides is 3. The molecule has 0 saturated heterocycles. The number of nitrogens with two attached hydrogens (primary N) is 1. The average Bonchev–Trinajstić information content (AvgIpc) is 3.18. The van der Waals surface area contributed by atoms with Gasteiger partial charge in [-0.1, -0.05) is 11.6 Å². The van der Waals surface area contributed by atoms with Gasteiger partial charge in [-0.25, -0.2) is 17.9 Å². The van der Waals surface area contributed by atoms with Gasteiger partial charge in [0.1, 0.15) is 27.6 Å². The molecular weight excluding hydrogens is 510 g/mol. The van der Waals surface area contributed by atoms with Crippen LogP contribution in [0.4, 0.5) is 23.2 Å². The van der Waals surface area contributed by atoms with Crippen molar-refractivity contribution in [2.24, 2.45) is 15.1 Å². The fourth-order valence-electron chi connectivity index (χ4n) is 4.45. The largest absolute Gasteiger partial charge is 0.417 e. The van der Waals surface area contributed by atoms with Crippen LogP contribution < -0.4 is 11.1 Å². The third kappa shape index (κ3) is 3.96. The molecule has 2 aromatic rings. The van der Waals surface area contributed by atoms with Crippen molar-refractivity contribution >= 4 is 38.8 Å². The Morgan fingerprint density at radius 2 is 1.94 bits per heavy atom. The maximum atomic E-state index is 15.1. The Morgan fingerprint density at radius 3 is 2.57 bits per heavy atom. The molecule has 3 heterocycles. The zero-order chi connectivity index (χ0) is 26.0. The number of carbonyl (C=O) groups excluding carboxylic acids is 1. The minimum Gasteiger partial charge on any atom is -0.386 e. The molecule has 2 aliphatic heterocycles. The second-order valence-corrected chi connectivity index (χ2v) is 12.4. The van der Waals surface area contributed by atoms with E-state index in [1.54, 1.807) is 20.8 Å². The second-order valence-electron chi connectivity index (χ2n) is 9.05. The van der Waals surface area contributed by atoms with Gasteiger partial charge in [-0.15, -0.1) is 0 Å². The third-order valence-corrected chi connectivity index (χ3v) is 10.5. The van der Waals surface area contributed by atoms with Crippen LogP contribution in [0.3, 0.4) is 0 Å². The maximum Gasteiger partial charge on any atom is 0.417 e. The number of aromatic nitrogens is 1. The number of nitrogens with zero attached hydrogens (tertiary/aromatic N) is 3. The Labute approximate surface area is 204 Å². The van der Waals surface area contributed by atoms with Crippen LogP contribution >= 0.6 is 11.6 Å². The van der Waals surface area contributed by atoms with Gasteiger partial charge >= 0.3 is 6.18 Å². The van der Waals surface area contributed by atoms with Crippen molar-refractivity contribution < 1.29 is 26.6 Å². The highest BCUT2D eigenvalue weighted by atomic mass is 35.5. The van der Waals surface area contributed by atoms with Crippen molar-refractivity contribution in [3.8, 4) is 0 Å². The molecular formula is C22H22ClF4N5O2S. The van der Waals surface area contributed by atoms with Crippen LogP contribution in [-0.2, 0) is 21.4 Å². The van der Waals surface area contributed by atoms with Crippen molar-refractivity contribution in [3.05, 3.63) is 58.1 Å². The number of amidine groups is 1. The molecule has 0 saturated carbocycles. The maximum absolute atomic E-state index is 15.1.